The van der Waals surface area contributed by atoms with Crippen LogP contribution in [-0.4, -0.2) is 21.4 Å². The number of aromatic nitrogens is 2. The van der Waals surface area contributed by atoms with Crippen LogP contribution in [0.3, 0.4) is 0 Å². The molecular formula is C21H18N4OS. The first-order valence-corrected chi connectivity index (χ1v) is 9.40. The van der Waals surface area contributed by atoms with E-state index in [-0.39, 0.29) is 5.91 Å². The van der Waals surface area contributed by atoms with E-state index in [1.807, 2.05) is 85.3 Å². The molecule has 1 amide bonds. The molecule has 134 valence electrons. The van der Waals surface area contributed by atoms with Gasteiger partial charge < -0.3 is 0 Å². The number of hydrogen-bond donors (Lipinski definition) is 1. The highest BCUT2D eigenvalue weighted by atomic mass is 32.1. The second-order valence-electron chi connectivity index (χ2n) is 6.17. The van der Waals surface area contributed by atoms with Crippen LogP contribution in [0.1, 0.15) is 27.9 Å². The number of carbonyl (C=O) groups excluding carboxylic acids is 1. The molecule has 27 heavy (non-hydrogen) atoms. The van der Waals surface area contributed by atoms with Gasteiger partial charge >= 0.3 is 0 Å². The highest BCUT2D eigenvalue weighted by Gasteiger charge is 2.17. The van der Waals surface area contributed by atoms with Gasteiger partial charge in [-0.15, -0.1) is 11.3 Å². The second-order valence-corrected chi connectivity index (χ2v) is 7.20. The Labute approximate surface area is 161 Å². The molecule has 5 nitrogen and oxygen atoms in total. The first-order valence-electron chi connectivity index (χ1n) is 8.58. The lowest BCUT2D eigenvalue weighted by atomic mass is 10.1. The Bertz CT molecular complexity index is 1130. The molecule has 0 aliphatic rings. The van der Waals surface area contributed by atoms with Crippen LogP contribution in [0.4, 0.5) is 0 Å². The molecule has 1 N–H and O–H groups in total. The molecule has 0 radical (unpaired) electrons. The smallest absolute Gasteiger partial charge is 0.266 e. The molecule has 0 saturated heterocycles. The van der Waals surface area contributed by atoms with E-state index in [2.05, 4.69) is 15.6 Å². The highest BCUT2D eigenvalue weighted by Crippen LogP contribution is 2.30. The van der Waals surface area contributed by atoms with E-state index < -0.39 is 0 Å². The maximum atomic E-state index is 12.6. The third-order valence-corrected chi connectivity index (χ3v) is 5.40. The molecule has 6 heteroatoms. The van der Waals surface area contributed by atoms with Crippen molar-refractivity contribution in [2.75, 3.05) is 0 Å². The molecule has 0 atom stereocenters. The van der Waals surface area contributed by atoms with Crippen molar-refractivity contribution in [2.24, 2.45) is 5.10 Å². The summed E-state index contributed by atoms with van der Waals surface area (Å²) in [7, 11) is 0. The summed E-state index contributed by atoms with van der Waals surface area (Å²) in [5.41, 5.74) is 6.26. The lowest BCUT2D eigenvalue weighted by molar-refractivity contribution is 0.0959. The van der Waals surface area contributed by atoms with E-state index >= 15 is 0 Å². The van der Waals surface area contributed by atoms with Crippen LogP contribution in [-0.2, 0) is 0 Å². The molecule has 4 aromatic rings. The van der Waals surface area contributed by atoms with Crippen LogP contribution in [0.2, 0.25) is 0 Å². The predicted molar refractivity (Wildman–Crippen MR) is 110 cm³/mol. The van der Waals surface area contributed by atoms with Crippen LogP contribution < -0.4 is 5.43 Å². The van der Waals surface area contributed by atoms with Crippen LogP contribution in [0, 0.1) is 6.92 Å². The lowest BCUT2D eigenvalue weighted by Crippen LogP contribution is -2.18. The number of para-hydroxylation sites is 1. The summed E-state index contributed by atoms with van der Waals surface area (Å²) in [5, 5.41) is 9.82. The molecule has 2 aromatic heterocycles. The molecule has 0 aliphatic heterocycles. The summed E-state index contributed by atoms with van der Waals surface area (Å²) in [5.74, 6) is -0.217. The Hall–Kier alpha value is -3.25. The number of benzene rings is 2. The summed E-state index contributed by atoms with van der Waals surface area (Å²) in [6, 6.07) is 21.6. The van der Waals surface area contributed by atoms with Gasteiger partial charge in [0, 0.05) is 5.39 Å². The van der Waals surface area contributed by atoms with Gasteiger partial charge in [0.15, 0.2) is 0 Å². The first kappa shape index (κ1) is 17.2. The Morgan fingerprint density at radius 3 is 2.44 bits per heavy atom. The monoisotopic (exact) mass is 374 g/mol. The van der Waals surface area contributed by atoms with Crippen molar-refractivity contribution in [3.8, 4) is 5.69 Å². The number of thiophene rings is 1. The Kier molecular flexibility index (Phi) is 4.56. The van der Waals surface area contributed by atoms with Crippen molar-refractivity contribution in [3.63, 3.8) is 0 Å². The topological polar surface area (TPSA) is 59.3 Å². The molecule has 0 saturated carbocycles. The second kappa shape index (κ2) is 7.17. The third kappa shape index (κ3) is 3.39. The van der Waals surface area contributed by atoms with Gasteiger partial charge in [0.25, 0.3) is 5.91 Å². The quantitative estimate of drug-likeness (QED) is 0.421. The van der Waals surface area contributed by atoms with E-state index in [0.717, 1.165) is 32.9 Å². The van der Waals surface area contributed by atoms with Crippen molar-refractivity contribution in [2.45, 2.75) is 13.8 Å². The molecule has 2 heterocycles. The van der Waals surface area contributed by atoms with Crippen LogP contribution >= 0.6 is 11.3 Å². The van der Waals surface area contributed by atoms with Gasteiger partial charge in [-0.1, -0.05) is 48.5 Å². The normalized spacial score (nSPS) is 11.7. The van der Waals surface area contributed by atoms with Gasteiger partial charge in [0.1, 0.15) is 4.83 Å². The molecule has 0 bridgehead atoms. The third-order valence-electron chi connectivity index (χ3n) is 4.29. The lowest BCUT2D eigenvalue weighted by Gasteiger charge is -2.02. The zero-order chi connectivity index (χ0) is 18.8. The summed E-state index contributed by atoms with van der Waals surface area (Å²) < 4.78 is 1.88. The minimum Gasteiger partial charge on any atom is -0.266 e. The number of nitrogens with one attached hydrogen (secondary N) is 1. The molecular weight excluding hydrogens is 356 g/mol. The van der Waals surface area contributed by atoms with Gasteiger partial charge in [-0.2, -0.15) is 10.2 Å². The fraction of sp³-hybridized carbons (Fsp3) is 0.0952. The fourth-order valence-corrected chi connectivity index (χ4v) is 3.91. The van der Waals surface area contributed by atoms with Crippen LogP contribution in [0.15, 0.2) is 71.8 Å². The average Bonchev–Trinajstić information content (AvgIpc) is 3.28. The van der Waals surface area contributed by atoms with Gasteiger partial charge in [-0.05, 0) is 37.6 Å². The highest BCUT2D eigenvalue weighted by molar-refractivity contribution is 7.20. The van der Waals surface area contributed by atoms with Crippen molar-refractivity contribution < 1.29 is 4.79 Å². The molecule has 4 rings (SSSR count). The summed E-state index contributed by atoms with van der Waals surface area (Å²) in [4.78, 5) is 14.1. The zero-order valence-electron chi connectivity index (χ0n) is 15.0. The maximum Gasteiger partial charge on any atom is 0.281 e. The van der Waals surface area contributed by atoms with Gasteiger partial charge in [-0.25, -0.2) is 10.1 Å². The Balaban J connectivity index is 1.62. The van der Waals surface area contributed by atoms with Crippen molar-refractivity contribution in [3.05, 3.63) is 82.9 Å². The summed E-state index contributed by atoms with van der Waals surface area (Å²) in [6.07, 6.45) is 0. The van der Waals surface area contributed by atoms with Gasteiger partial charge in [0.05, 0.1) is 22.0 Å². The van der Waals surface area contributed by atoms with Crippen LogP contribution in [0.5, 0.6) is 0 Å². The van der Waals surface area contributed by atoms with Gasteiger partial charge in [-0.3, -0.25) is 4.79 Å². The Morgan fingerprint density at radius 1 is 1.07 bits per heavy atom. The average molecular weight is 374 g/mol. The van der Waals surface area contributed by atoms with Crippen molar-refractivity contribution in [1.82, 2.24) is 15.2 Å². The number of nitrogens with zero attached hydrogens (tertiary/aromatic N) is 3. The maximum absolute atomic E-state index is 12.6. The number of rotatable bonds is 4. The molecule has 2 aromatic carbocycles. The van der Waals surface area contributed by atoms with Crippen molar-refractivity contribution >= 4 is 33.2 Å². The minimum atomic E-state index is -0.217. The number of aryl methyl sites for hydroxylation is 1. The van der Waals surface area contributed by atoms with E-state index in [1.165, 1.54) is 11.3 Å². The number of hydrazone groups is 1. The number of amides is 1. The number of fused-ring (bicyclic) bond motifs is 1. The molecule has 0 aliphatic carbocycles. The SMILES string of the molecule is C/C(=N\NC(=O)c1cc2c(C)nn(-c3ccccc3)c2s1)c1ccccc1. The number of hydrogen-bond acceptors (Lipinski definition) is 4. The molecule has 0 fully saturated rings. The zero-order valence-corrected chi connectivity index (χ0v) is 15.8. The van der Waals surface area contributed by atoms with Crippen LogP contribution in [0.25, 0.3) is 15.9 Å². The van der Waals surface area contributed by atoms with E-state index in [0.29, 0.717) is 4.88 Å². The predicted octanol–water partition coefficient (Wildman–Crippen LogP) is 4.55. The number of carbonyl (C=O) groups is 1. The fourth-order valence-electron chi connectivity index (χ4n) is 2.84. The standard InChI is InChI=1S/C21H18N4OS/c1-14(16-9-5-3-6-10-16)22-23-20(26)19-13-18-15(2)24-25(21(18)27-19)17-11-7-4-8-12-17/h3-13H,1-2H3,(H,23,26)/b22-14+. The van der Waals surface area contributed by atoms with Crippen molar-refractivity contribution in [1.29, 1.82) is 0 Å². The van der Waals surface area contributed by atoms with E-state index in [4.69, 9.17) is 0 Å². The van der Waals surface area contributed by atoms with Gasteiger partial charge in [0.2, 0.25) is 0 Å². The first-order chi connectivity index (χ1) is 13.1. The molecule has 0 spiro atoms. The largest absolute Gasteiger partial charge is 0.281 e. The molecule has 0 unspecified atom stereocenters. The minimum absolute atomic E-state index is 0.217. The Morgan fingerprint density at radius 2 is 1.74 bits per heavy atom. The van der Waals surface area contributed by atoms with E-state index in [9.17, 15) is 4.79 Å². The summed E-state index contributed by atoms with van der Waals surface area (Å²) in [6.45, 7) is 3.83. The van der Waals surface area contributed by atoms with E-state index in [1.54, 1.807) is 0 Å². The summed E-state index contributed by atoms with van der Waals surface area (Å²) >= 11 is 1.41.